The van der Waals surface area contributed by atoms with Crippen molar-refractivity contribution in [1.29, 1.82) is 0 Å². The van der Waals surface area contributed by atoms with Crippen molar-refractivity contribution in [2.45, 2.75) is 174 Å². The predicted molar refractivity (Wildman–Crippen MR) is 169 cm³/mol. The smallest absolute Gasteiger partial charge is 0.332 e. The van der Waals surface area contributed by atoms with Gasteiger partial charge in [-0.15, -0.1) is 5.06 Å². The van der Waals surface area contributed by atoms with E-state index in [0.717, 1.165) is 38.5 Å². The maximum atomic E-state index is 13.8. The van der Waals surface area contributed by atoms with Gasteiger partial charge in [-0.1, -0.05) is 142 Å². The second-order valence-electron chi connectivity index (χ2n) is 12.6. The number of hydrogen-bond donors (Lipinski definition) is 1. The molecule has 0 spiro atoms. The number of carboxylic acids is 1. The SMILES string of the molecule is CCCCCCCCCCCCC(CCCCCCCCCCCC)(C(=O)ON(C)C)C(CCC(=O)O)N(C)C. The molecule has 0 saturated heterocycles. The molecule has 238 valence electrons. The average Bonchev–Trinajstić information content (AvgIpc) is 2.89. The molecule has 0 aliphatic rings. The number of hydroxylamine groups is 2. The number of carboxylic acid groups (broad SMARTS) is 1. The number of aliphatic carboxylic acids is 1. The fraction of sp³-hybridized carbons (Fsp3) is 0.941. The molecule has 0 heterocycles. The van der Waals surface area contributed by atoms with Crippen molar-refractivity contribution < 1.29 is 19.5 Å². The fourth-order valence-electron chi connectivity index (χ4n) is 6.20. The van der Waals surface area contributed by atoms with Crippen LogP contribution in [0, 0.1) is 5.41 Å². The summed E-state index contributed by atoms with van der Waals surface area (Å²) < 4.78 is 0. The van der Waals surface area contributed by atoms with Gasteiger partial charge in [-0.05, 0) is 33.4 Å². The second-order valence-corrected chi connectivity index (χ2v) is 12.6. The third kappa shape index (κ3) is 19.1. The van der Waals surface area contributed by atoms with Gasteiger partial charge in [-0.2, -0.15) is 0 Å². The van der Waals surface area contributed by atoms with E-state index in [2.05, 4.69) is 18.7 Å². The molecule has 0 amide bonds. The maximum Gasteiger partial charge on any atom is 0.332 e. The molecule has 1 unspecified atom stereocenters. The molecule has 0 fully saturated rings. The van der Waals surface area contributed by atoms with Crippen LogP contribution in [0.2, 0.25) is 0 Å². The van der Waals surface area contributed by atoms with E-state index in [1.807, 2.05) is 14.1 Å². The van der Waals surface area contributed by atoms with E-state index >= 15 is 0 Å². The summed E-state index contributed by atoms with van der Waals surface area (Å²) in [5.74, 6) is -0.993. The lowest BCUT2D eigenvalue weighted by molar-refractivity contribution is -0.197. The van der Waals surface area contributed by atoms with Crippen LogP contribution in [0.4, 0.5) is 0 Å². The molecule has 0 aliphatic heterocycles. The Kier molecular flexibility index (Phi) is 24.8. The van der Waals surface area contributed by atoms with Gasteiger partial charge >= 0.3 is 11.9 Å². The van der Waals surface area contributed by atoms with E-state index in [4.69, 9.17) is 4.84 Å². The van der Waals surface area contributed by atoms with Gasteiger partial charge in [0.05, 0.1) is 5.41 Å². The second kappa shape index (κ2) is 25.6. The van der Waals surface area contributed by atoms with E-state index in [-0.39, 0.29) is 18.4 Å². The highest BCUT2D eigenvalue weighted by atomic mass is 16.7. The Labute approximate surface area is 248 Å². The van der Waals surface area contributed by atoms with Crippen LogP contribution in [-0.4, -0.2) is 61.2 Å². The number of hydrogen-bond acceptors (Lipinski definition) is 5. The van der Waals surface area contributed by atoms with Crippen molar-refractivity contribution in [1.82, 2.24) is 9.96 Å². The molecule has 0 saturated carbocycles. The molecule has 1 N–H and O–H groups in total. The molecule has 0 bridgehead atoms. The van der Waals surface area contributed by atoms with E-state index < -0.39 is 11.4 Å². The first-order valence-corrected chi connectivity index (χ1v) is 17.0. The number of rotatable bonds is 29. The Morgan fingerprint density at radius 2 is 0.975 bits per heavy atom. The van der Waals surface area contributed by atoms with Crippen LogP contribution in [-0.2, 0) is 14.4 Å². The topological polar surface area (TPSA) is 70.1 Å². The predicted octanol–water partition coefficient (Wildman–Crippen LogP) is 9.41. The summed E-state index contributed by atoms with van der Waals surface area (Å²) in [6, 6.07) is -0.159. The number of carbonyl (C=O) groups excluding carboxylic acids is 1. The number of carbonyl (C=O) groups is 2. The third-order valence-corrected chi connectivity index (χ3v) is 8.52. The highest BCUT2D eigenvalue weighted by molar-refractivity contribution is 5.78. The first-order valence-electron chi connectivity index (χ1n) is 17.0. The van der Waals surface area contributed by atoms with Crippen molar-refractivity contribution in [3.8, 4) is 0 Å². The van der Waals surface area contributed by atoms with E-state index in [1.165, 1.54) is 108 Å². The molecular weight excluding hydrogens is 500 g/mol. The van der Waals surface area contributed by atoms with Crippen LogP contribution in [0.1, 0.15) is 168 Å². The van der Waals surface area contributed by atoms with Crippen molar-refractivity contribution in [3.63, 3.8) is 0 Å². The molecular formula is C34H68N2O4. The lowest BCUT2D eigenvalue weighted by Gasteiger charge is -2.42. The van der Waals surface area contributed by atoms with Crippen LogP contribution in [0.3, 0.4) is 0 Å². The zero-order valence-corrected chi connectivity index (χ0v) is 27.6. The zero-order valence-electron chi connectivity index (χ0n) is 27.6. The standard InChI is InChI=1S/C34H68N2O4/c1-7-9-11-13-15-17-19-21-23-25-29-34(33(39)40-36(5)6,31(35(3)4)27-28-32(37)38)30-26-24-22-20-18-16-14-12-10-8-2/h31H,7-30H2,1-6H3,(H,37,38). The lowest BCUT2D eigenvalue weighted by atomic mass is 9.70. The lowest BCUT2D eigenvalue weighted by Crippen LogP contribution is -2.51. The molecule has 0 aromatic carbocycles. The molecule has 6 nitrogen and oxygen atoms in total. The van der Waals surface area contributed by atoms with Gasteiger partial charge in [-0.3, -0.25) is 4.79 Å². The molecule has 1 atom stereocenters. The molecule has 0 rings (SSSR count). The third-order valence-electron chi connectivity index (χ3n) is 8.52. The molecule has 0 aromatic rings. The minimum atomic E-state index is -0.806. The van der Waals surface area contributed by atoms with Crippen molar-refractivity contribution >= 4 is 11.9 Å². The van der Waals surface area contributed by atoms with Crippen molar-refractivity contribution in [2.24, 2.45) is 5.41 Å². The molecule has 0 radical (unpaired) electrons. The van der Waals surface area contributed by atoms with E-state index in [0.29, 0.717) is 6.42 Å². The first-order chi connectivity index (χ1) is 19.2. The van der Waals surface area contributed by atoms with Crippen LogP contribution in [0.15, 0.2) is 0 Å². The molecule has 40 heavy (non-hydrogen) atoms. The van der Waals surface area contributed by atoms with Crippen LogP contribution in [0.5, 0.6) is 0 Å². The van der Waals surface area contributed by atoms with Crippen LogP contribution in [0.25, 0.3) is 0 Å². The monoisotopic (exact) mass is 569 g/mol. The van der Waals surface area contributed by atoms with E-state index in [1.54, 1.807) is 14.1 Å². The Balaban J connectivity index is 5.22. The normalized spacial score (nSPS) is 12.8. The largest absolute Gasteiger partial charge is 0.481 e. The van der Waals surface area contributed by atoms with Crippen molar-refractivity contribution in [3.05, 3.63) is 0 Å². The van der Waals surface area contributed by atoms with Gasteiger partial charge in [0.1, 0.15) is 0 Å². The summed E-state index contributed by atoms with van der Waals surface area (Å²) in [5, 5.41) is 11.0. The van der Waals surface area contributed by atoms with Gasteiger partial charge in [0, 0.05) is 26.6 Å². The Morgan fingerprint density at radius 1 is 0.625 bits per heavy atom. The molecule has 0 aliphatic carbocycles. The minimum absolute atomic E-state index is 0.0654. The quantitative estimate of drug-likeness (QED) is 0.0716. The molecule has 6 heteroatoms. The highest BCUT2D eigenvalue weighted by Gasteiger charge is 2.47. The van der Waals surface area contributed by atoms with Gasteiger partial charge in [0.2, 0.25) is 0 Å². The summed E-state index contributed by atoms with van der Waals surface area (Å²) in [4.78, 5) is 33.2. The maximum absolute atomic E-state index is 13.8. The first kappa shape index (κ1) is 38.9. The van der Waals surface area contributed by atoms with Gasteiger partial charge in [-0.25, -0.2) is 4.79 Å². The van der Waals surface area contributed by atoms with Crippen molar-refractivity contribution in [2.75, 3.05) is 28.2 Å². The minimum Gasteiger partial charge on any atom is -0.481 e. The highest BCUT2D eigenvalue weighted by Crippen LogP contribution is 2.41. The van der Waals surface area contributed by atoms with Crippen LogP contribution >= 0.6 is 0 Å². The zero-order chi connectivity index (χ0) is 30.1. The Bertz CT molecular complexity index is 585. The summed E-state index contributed by atoms with van der Waals surface area (Å²) in [5.41, 5.74) is -0.691. The number of unbranched alkanes of at least 4 members (excludes halogenated alkanes) is 18. The van der Waals surface area contributed by atoms with Gasteiger partial charge in [0.15, 0.2) is 0 Å². The summed E-state index contributed by atoms with van der Waals surface area (Å²) in [6.45, 7) is 4.51. The van der Waals surface area contributed by atoms with E-state index in [9.17, 15) is 14.7 Å². The number of nitrogens with zero attached hydrogens (tertiary/aromatic N) is 2. The fourth-order valence-corrected chi connectivity index (χ4v) is 6.20. The summed E-state index contributed by atoms with van der Waals surface area (Å²) in [6.07, 6.45) is 27.1. The summed E-state index contributed by atoms with van der Waals surface area (Å²) >= 11 is 0. The Morgan fingerprint density at radius 3 is 1.27 bits per heavy atom. The Hall–Kier alpha value is -1.14. The van der Waals surface area contributed by atoms with Gasteiger partial charge < -0.3 is 14.8 Å². The summed E-state index contributed by atoms with van der Waals surface area (Å²) in [7, 11) is 7.49. The average molecular weight is 569 g/mol. The van der Waals surface area contributed by atoms with Crippen LogP contribution < -0.4 is 0 Å². The van der Waals surface area contributed by atoms with Gasteiger partial charge in [0.25, 0.3) is 0 Å². The molecule has 0 aromatic heterocycles.